The molecule has 0 unspecified atom stereocenters. The first kappa shape index (κ1) is 19.8. The molecular formula is C21H18FN5O2S. The van der Waals surface area contributed by atoms with Crippen LogP contribution in [-0.2, 0) is 11.2 Å². The summed E-state index contributed by atoms with van der Waals surface area (Å²) in [4.78, 5) is 25.0. The monoisotopic (exact) mass is 423 g/mol. The van der Waals surface area contributed by atoms with Gasteiger partial charge in [0.15, 0.2) is 5.16 Å². The molecule has 0 aliphatic rings. The van der Waals surface area contributed by atoms with E-state index < -0.39 is 11.4 Å². The maximum Gasteiger partial charge on any atom is 0.300 e. The molecule has 1 amide bonds. The third-order valence-electron chi connectivity index (χ3n) is 4.50. The normalized spacial score (nSPS) is 11.0. The van der Waals surface area contributed by atoms with Crippen molar-refractivity contribution < 1.29 is 9.18 Å². The molecule has 0 fully saturated rings. The number of amides is 1. The van der Waals surface area contributed by atoms with Crippen molar-refractivity contribution in [3.05, 3.63) is 82.7 Å². The Labute approximate surface area is 175 Å². The lowest BCUT2D eigenvalue weighted by Crippen LogP contribution is -2.20. The summed E-state index contributed by atoms with van der Waals surface area (Å²) in [5, 5.41) is 11.2. The molecule has 4 rings (SSSR count). The lowest BCUT2D eigenvalue weighted by molar-refractivity contribution is -0.113. The minimum atomic E-state index is -0.438. The van der Waals surface area contributed by atoms with Crippen molar-refractivity contribution in [2.75, 3.05) is 11.1 Å². The fourth-order valence-electron chi connectivity index (χ4n) is 2.94. The molecule has 2 aromatic heterocycles. The summed E-state index contributed by atoms with van der Waals surface area (Å²) in [6, 6.07) is 13.4. The number of carbonyl (C=O) groups is 1. The van der Waals surface area contributed by atoms with Crippen molar-refractivity contribution in [3.63, 3.8) is 0 Å². The van der Waals surface area contributed by atoms with Gasteiger partial charge in [0, 0.05) is 18.1 Å². The standard InChI is InChI=1S/C21H18FN5O2S/c1-2-14-6-8-16(9-7-14)23-18(28)13-30-21-25-24-19-20(29)26(10-11-27(19)21)17-5-3-4-15(22)12-17/h3-12H,2,13H2,1H3,(H,23,28). The van der Waals surface area contributed by atoms with Crippen LogP contribution in [0.25, 0.3) is 11.3 Å². The Morgan fingerprint density at radius 3 is 2.67 bits per heavy atom. The summed E-state index contributed by atoms with van der Waals surface area (Å²) in [6.07, 6.45) is 4.07. The Kier molecular flexibility index (Phi) is 5.62. The number of rotatable bonds is 6. The van der Waals surface area contributed by atoms with Gasteiger partial charge in [-0.15, -0.1) is 10.2 Å². The lowest BCUT2D eigenvalue weighted by Gasteiger charge is -2.07. The molecule has 4 aromatic rings. The molecular weight excluding hydrogens is 405 g/mol. The van der Waals surface area contributed by atoms with Gasteiger partial charge in [0.25, 0.3) is 0 Å². The summed E-state index contributed by atoms with van der Waals surface area (Å²) < 4.78 is 16.3. The molecule has 2 aromatic carbocycles. The number of nitrogens with zero attached hydrogens (tertiary/aromatic N) is 4. The lowest BCUT2D eigenvalue weighted by atomic mass is 10.1. The number of carbonyl (C=O) groups excluding carboxylic acids is 1. The summed E-state index contributed by atoms with van der Waals surface area (Å²) in [6.45, 7) is 2.07. The Hall–Kier alpha value is -3.46. The van der Waals surface area contributed by atoms with E-state index in [0.29, 0.717) is 10.8 Å². The Morgan fingerprint density at radius 2 is 1.93 bits per heavy atom. The predicted octanol–water partition coefficient (Wildman–Crippen LogP) is 3.31. The van der Waals surface area contributed by atoms with Crippen molar-refractivity contribution in [1.82, 2.24) is 19.2 Å². The van der Waals surface area contributed by atoms with Crippen LogP contribution in [0.5, 0.6) is 0 Å². The number of halogens is 1. The van der Waals surface area contributed by atoms with Gasteiger partial charge in [-0.2, -0.15) is 0 Å². The highest BCUT2D eigenvalue weighted by molar-refractivity contribution is 7.99. The molecule has 0 atom stereocenters. The second-order valence-electron chi connectivity index (χ2n) is 6.52. The number of fused-ring (bicyclic) bond motifs is 1. The average molecular weight is 423 g/mol. The van der Waals surface area contributed by atoms with E-state index in [2.05, 4.69) is 22.4 Å². The molecule has 152 valence electrons. The molecule has 0 spiro atoms. The van der Waals surface area contributed by atoms with Gasteiger partial charge in [-0.05, 0) is 42.3 Å². The third-order valence-corrected chi connectivity index (χ3v) is 5.45. The van der Waals surface area contributed by atoms with Crippen molar-refractivity contribution in [2.45, 2.75) is 18.5 Å². The van der Waals surface area contributed by atoms with Gasteiger partial charge in [-0.3, -0.25) is 18.6 Å². The first-order valence-corrected chi connectivity index (χ1v) is 10.3. The summed E-state index contributed by atoms with van der Waals surface area (Å²) in [5.74, 6) is -0.509. The number of aromatic nitrogens is 4. The SMILES string of the molecule is CCc1ccc(NC(=O)CSc2nnc3c(=O)n(-c4cccc(F)c4)ccn23)cc1. The van der Waals surface area contributed by atoms with Gasteiger partial charge < -0.3 is 5.32 Å². The van der Waals surface area contributed by atoms with E-state index in [1.54, 1.807) is 12.3 Å². The fraction of sp³-hybridized carbons (Fsp3) is 0.143. The highest BCUT2D eigenvalue weighted by Gasteiger charge is 2.14. The van der Waals surface area contributed by atoms with Crippen LogP contribution in [0.4, 0.5) is 10.1 Å². The van der Waals surface area contributed by atoms with Gasteiger partial charge in [0.2, 0.25) is 11.6 Å². The number of hydrogen-bond acceptors (Lipinski definition) is 5. The fourth-order valence-corrected chi connectivity index (χ4v) is 3.66. The summed E-state index contributed by atoms with van der Waals surface area (Å²) >= 11 is 1.17. The Bertz CT molecular complexity index is 1270. The van der Waals surface area contributed by atoms with Crippen LogP contribution in [0.15, 0.2) is 70.9 Å². The zero-order chi connectivity index (χ0) is 21.1. The van der Waals surface area contributed by atoms with Crippen LogP contribution in [0.1, 0.15) is 12.5 Å². The molecule has 30 heavy (non-hydrogen) atoms. The van der Waals surface area contributed by atoms with Crippen LogP contribution in [0.2, 0.25) is 0 Å². The highest BCUT2D eigenvalue weighted by atomic mass is 32.2. The van der Waals surface area contributed by atoms with Crippen molar-refractivity contribution in [3.8, 4) is 5.69 Å². The highest BCUT2D eigenvalue weighted by Crippen LogP contribution is 2.17. The largest absolute Gasteiger partial charge is 0.325 e. The van der Waals surface area contributed by atoms with Crippen LogP contribution >= 0.6 is 11.8 Å². The summed E-state index contributed by atoms with van der Waals surface area (Å²) in [7, 11) is 0. The van der Waals surface area contributed by atoms with E-state index in [4.69, 9.17) is 0 Å². The van der Waals surface area contributed by atoms with Crippen molar-refractivity contribution >= 4 is 29.0 Å². The van der Waals surface area contributed by atoms with Crippen molar-refractivity contribution in [1.29, 1.82) is 0 Å². The van der Waals surface area contributed by atoms with Crippen LogP contribution in [0.3, 0.4) is 0 Å². The maximum absolute atomic E-state index is 13.5. The first-order valence-electron chi connectivity index (χ1n) is 9.29. The van der Waals surface area contributed by atoms with Crippen LogP contribution in [0, 0.1) is 5.82 Å². The maximum atomic E-state index is 13.5. The Balaban J connectivity index is 1.49. The quantitative estimate of drug-likeness (QED) is 0.481. The van der Waals surface area contributed by atoms with Gasteiger partial charge in [-0.25, -0.2) is 4.39 Å². The third kappa shape index (κ3) is 4.11. The first-order chi connectivity index (χ1) is 14.5. The van der Waals surface area contributed by atoms with E-state index in [1.807, 2.05) is 24.3 Å². The van der Waals surface area contributed by atoms with E-state index in [0.717, 1.165) is 12.1 Å². The number of aryl methyl sites for hydroxylation is 1. The van der Waals surface area contributed by atoms with Gasteiger partial charge in [-0.1, -0.05) is 36.9 Å². The van der Waals surface area contributed by atoms with E-state index in [1.165, 1.54) is 50.7 Å². The van der Waals surface area contributed by atoms with Crippen LogP contribution < -0.4 is 10.9 Å². The minimum absolute atomic E-state index is 0.0971. The molecule has 0 radical (unpaired) electrons. The summed E-state index contributed by atoms with van der Waals surface area (Å²) in [5.41, 5.74) is 1.99. The average Bonchev–Trinajstić information content (AvgIpc) is 3.17. The predicted molar refractivity (Wildman–Crippen MR) is 114 cm³/mol. The number of benzene rings is 2. The molecule has 7 nitrogen and oxygen atoms in total. The number of nitrogens with one attached hydrogen (secondary N) is 1. The van der Waals surface area contributed by atoms with E-state index in [-0.39, 0.29) is 17.3 Å². The van der Waals surface area contributed by atoms with Gasteiger partial charge >= 0.3 is 5.56 Å². The molecule has 0 bridgehead atoms. The molecule has 9 heteroatoms. The van der Waals surface area contributed by atoms with Crippen molar-refractivity contribution in [2.24, 2.45) is 0 Å². The van der Waals surface area contributed by atoms with Gasteiger partial charge in [0.1, 0.15) is 5.82 Å². The second-order valence-corrected chi connectivity index (χ2v) is 7.46. The minimum Gasteiger partial charge on any atom is -0.325 e. The number of hydrogen-bond donors (Lipinski definition) is 1. The Morgan fingerprint density at radius 1 is 1.13 bits per heavy atom. The second kappa shape index (κ2) is 8.50. The molecule has 2 heterocycles. The van der Waals surface area contributed by atoms with Gasteiger partial charge in [0.05, 0.1) is 11.4 Å². The number of anilines is 1. The number of thioether (sulfide) groups is 1. The molecule has 0 aliphatic heterocycles. The molecule has 1 N–H and O–H groups in total. The van der Waals surface area contributed by atoms with E-state index in [9.17, 15) is 14.0 Å². The zero-order valence-corrected chi connectivity index (χ0v) is 16.9. The zero-order valence-electron chi connectivity index (χ0n) is 16.1. The topological polar surface area (TPSA) is 81.3 Å². The van der Waals surface area contributed by atoms with Crippen LogP contribution in [-0.4, -0.2) is 30.8 Å². The molecule has 0 saturated carbocycles. The molecule has 0 aliphatic carbocycles. The smallest absolute Gasteiger partial charge is 0.300 e. The van der Waals surface area contributed by atoms with E-state index >= 15 is 0 Å². The molecule has 0 saturated heterocycles.